The predicted octanol–water partition coefficient (Wildman–Crippen LogP) is 3.54. The molecule has 1 aliphatic heterocycles. The second kappa shape index (κ2) is 6.23. The summed E-state index contributed by atoms with van der Waals surface area (Å²) in [5, 5.41) is 3.23. The maximum atomic E-state index is 12.4. The molecule has 0 radical (unpaired) electrons. The molecule has 0 bridgehead atoms. The Hall–Kier alpha value is -2.70. The number of hydrogen-bond donors (Lipinski definition) is 2. The summed E-state index contributed by atoms with van der Waals surface area (Å²) in [6.45, 7) is 2.44. The SMILES string of the molecule is O=c1[nH]c(-c2cccs2)nc2c1CCN(Cc1ccc3cc[nH]c3c1)C2. The van der Waals surface area contributed by atoms with Gasteiger partial charge in [-0.25, -0.2) is 4.98 Å². The third-order valence-corrected chi connectivity index (χ3v) is 5.81. The van der Waals surface area contributed by atoms with Crippen LogP contribution < -0.4 is 5.56 Å². The smallest absolute Gasteiger partial charge is 0.254 e. The van der Waals surface area contributed by atoms with Crippen molar-refractivity contribution >= 4 is 22.2 Å². The molecule has 5 rings (SSSR count). The van der Waals surface area contributed by atoms with E-state index in [0.29, 0.717) is 12.4 Å². The fourth-order valence-electron chi connectivity index (χ4n) is 3.61. The lowest BCUT2D eigenvalue weighted by molar-refractivity contribution is 0.240. The van der Waals surface area contributed by atoms with Gasteiger partial charge in [0.2, 0.25) is 0 Å². The molecule has 130 valence electrons. The monoisotopic (exact) mass is 362 g/mol. The lowest BCUT2D eigenvalue weighted by atomic mass is 10.1. The molecule has 0 fully saturated rings. The molecule has 26 heavy (non-hydrogen) atoms. The number of thiophene rings is 1. The van der Waals surface area contributed by atoms with Gasteiger partial charge < -0.3 is 9.97 Å². The molecule has 0 amide bonds. The molecular formula is C20H18N4OS. The van der Waals surface area contributed by atoms with E-state index in [9.17, 15) is 4.79 Å². The molecule has 0 saturated carbocycles. The lowest BCUT2D eigenvalue weighted by Gasteiger charge is -2.27. The van der Waals surface area contributed by atoms with Gasteiger partial charge in [0.25, 0.3) is 5.56 Å². The zero-order chi connectivity index (χ0) is 17.5. The average molecular weight is 362 g/mol. The van der Waals surface area contributed by atoms with Crippen LogP contribution in [0, 0.1) is 0 Å². The molecular weight excluding hydrogens is 344 g/mol. The van der Waals surface area contributed by atoms with Crippen molar-refractivity contribution in [3.05, 3.63) is 75.1 Å². The van der Waals surface area contributed by atoms with E-state index in [0.717, 1.165) is 41.2 Å². The highest BCUT2D eigenvalue weighted by Crippen LogP contribution is 2.23. The second-order valence-corrected chi connectivity index (χ2v) is 7.62. The number of aromatic amines is 2. The minimum Gasteiger partial charge on any atom is -0.361 e. The number of nitrogens with one attached hydrogen (secondary N) is 2. The van der Waals surface area contributed by atoms with E-state index in [1.807, 2.05) is 23.7 Å². The molecule has 0 aliphatic carbocycles. The van der Waals surface area contributed by atoms with Crippen molar-refractivity contribution in [2.75, 3.05) is 6.54 Å². The van der Waals surface area contributed by atoms with Gasteiger partial charge in [0.1, 0.15) is 0 Å². The molecule has 1 aromatic carbocycles. The third-order valence-electron chi connectivity index (χ3n) is 4.93. The van der Waals surface area contributed by atoms with Crippen LogP contribution >= 0.6 is 11.3 Å². The predicted molar refractivity (Wildman–Crippen MR) is 104 cm³/mol. The Morgan fingerprint density at radius 2 is 2.19 bits per heavy atom. The van der Waals surface area contributed by atoms with E-state index in [-0.39, 0.29) is 5.56 Å². The third kappa shape index (κ3) is 2.77. The molecule has 2 N–H and O–H groups in total. The number of nitrogens with zero attached hydrogens (tertiary/aromatic N) is 2. The Labute approximate surface area is 154 Å². The number of H-pyrrole nitrogens is 2. The van der Waals surface area contributed by atoms with E-state index >= 15 is 0 Å². The van der Waals surface area contributed by atoms with Crippen molar-refractivity contribution in [3.8, 4) is 10.7 Å². The van der Waals surface area contributed by atoms with Crippen LogP contribution in [0.2, 0.25) is 0 Å². The number of fused-ring (bicyclic) bond motifs is 2. The molecule has 0 spiro atoms. The quantitative estimate of drug-likeness (QED) is 0.586. The van der Waals surface area contributed by atoms with Gasteiger partial charge in [-0.2, -0.15) is 0 Å². The first-order chi connectivity index (χ1) is 12.8. The van der Waals surface area contributed by atoms with Crippen LogP contribution in [-0.2, 0) is 19.5 Å². The number of rotatable bonds is 3. The number of aromatic nitrogens is 3. The van der Waals surface area contributed by atoms with Crippen molar-refractivity contribution in [2.24, 2.45) is 0 Å². The highest BCUT2D eigenvalue weighted by molar-refractivity contribution is 7.13. The van der Waals surface area contributed by atoms with Gasteiger partial charge in [0.15, 0.2) is 5.82 Å². The highest BCUT2D eigenvalue weighted by atomic mass is 32.1. The van der Waals surface area contributed by atoms with Crippen LogP contribution in [-0.4, -0.2) is 26.4 Å². The minimum atomic E-state index is 0.00542. The van der Waals surface area contributed by atoms with Crippen LogP contribution in [0.1, 0.15) is 16.8 Å². The molecule has 0 saturated heterocycles. The molecule has 6 heteroatoms. The van der Waals surface area contributed by atoms with Crippen molar-refractivity contribution in [3.63, 3.8) is 0 Å². The molecule has 4 heterocycles. The summed E-state index contributed by atoms with van der Waals surface area (Å²) in [7, 11) is 0. The first-order valence-electron chi connectivity index (χ1n) is 8.70. The summed E-state index contributed by atoms with van der Waals surface area (Å²) in [5.41, 5.74) is 4.18. The Balaban J connectivity index is 1.42. The summed E-state index contributed by atoms with van der Waals surface area (Å²) in [4.78, 5) is 26.8. The van der Waals surface area contributed by atoms with Crippen molar-refractivity contribution in [2.45, 2.75) is 19.5 Å². The molecule has 5 nitrogen and oxygen atoms in total. The molecule has 0 unspecified atom stereocenters. The summed E-state index contributed by atoms with van der Waals surface area (Å²) in [6, 6.07) is 12.6. The van der Waals surface area contributed by atoms with Crippen LogP contribution in [0.4, 0.5) is 0 Å². The zero-order valence-corrected chi connectivity index (χ0v) is 15.0. The van der Waals surface area contributed by atoms with Crippen molar-refractivity contribution < 1.29 is 0 Å². The van der Waals surface area contributed by atoms with Crippen LogP contribution in [0.5, 0.6) is 0 Å². The number of hydrogen-bond acceptors (Lipinski definition) is 4. The topological polar surface area (TPSA) is 64.8 Å². The Morgan fingerprint density at radius 3 is 3.08 bits per heavy atom. The largest absolute Gasteiger partial charge is 0.361 e. The van der Waals surface area contributed by atoms with Gasteiger partial charge in [-0.1, -0.05) is 18.2 Å². The summed E-state index contributed by atoms with van der Waals surface area (Å²) in [6.07, 6.45) is 2.71. The van der Waals surface area contributed by atoms with E-state index in [2.05, 4.69) is 39.1 Å². The lowest BCUT2D eigenvalue weighted by Crippen LogP contribution is -2.35. The average Bonchev–Trinajstić information content (AvgIpc) is 3.33. The number of benzene rings is 1. The van der Waals surface area contributed by atoms with Gasteiger partial charge in [0, 0.05) is 36.9 Å². The van der Waals surface area contributed by atoms with E-state index in [1.165, 1.54) is 10.9 Å². The van der Waals surface area contributed by atoms with Gasteiger partial charge in [-0.05, 0) is 40.9 Å². The van der Waals surface area contributed by atoms with Gasteiger partial charge in [-0.3, -0.25) is 9.69 Å². The van der Waals surface area contributed by atoms with E-state index < -0.39 is 0 Å². The Bertz CT molecular complexity index is 1130. The summed E-state index contributed by atoms with van der Waals surface area (Å²) in [5.74, 6) is 0.679. The van der Waals surface area contributed by atoms with Crippen LogP contribution in [0.3, 0.4) is 0 Å². The van der Waals surface area contributed by atoms with Crippen molar-refractivity contribution in [1.82, 2.24) is 19.9 Å². The maximum absolute atomic E-state index is 12.4. The summed E-state index contributed by atoms with van der Waals surface area (Å²) >= 11 is 1.59. The second-order valence-electron chi connectivity index (χ2n) is 6.68. The van der Waals surface area contributed by atoms with E-state index in [4.69, 9.17) is 4.98 Å². The van der Waals surface area contributed by atoms with Gasteiger partial charge >= 0.3 is 0 Å². The molecule has 4 aromatic rings. The van der Waals surface area contributed by atoms with Crippen LogP contribution in [0.15, 0.2) is 52.8 Å². The van der Waals surface area contributed by atoms with Crippen LogP contribution in [0.25, 0.3) is 21.6 Å². The fourth-order valence-corrected chi connectivity index (χ4v) is 4.28. The first-order valence-corrected chi connectivity index (χ1v) is 9.58. The maximum Gasteiger partial charge on any atom is 0.254 e. The minimum absolute atomic E-state index is 0.00542. The zero-order valence-electron chi connectivity index (χ0n) is 14.2. The summed E-state index contributed by atoms with van der Waals surface area (Å²) < 4.78 is 0. The molecule has 1 aliphatic rings. The molecule has 0 atom stereocenters. The fraction of sp³-hybridized carbons (Fsp3) is 0.200. The Morgan fingerprint density at radius 1 is 1.23 bits per heavy atom. The molecule has 3 aromatic heterocycles. The Kier molecular flexibility index (Phi) is 3.72. The van der Waals surface area contributed by atoms with Crippen molar-refractivity contribution in [1.29, 1.82) is 0 Å². The van der Waals surface area contributed by atoms with Gasteiger partial charge in [0.05, 0.1) is 10.6 Å². The first kappa shape index (κ1) is 15.5. The standard InChI is InChI=1S/C20H18N4OS/c25-20-15-6-8-24(11-13-3-4-14-5-7-21-16(14)10-13)12-17(15)22-19(23-20)18-2-1-9-26-18/h1-5,7,9-10,21H,6,8,11-12H2,(H,22,23,25). The van der Waals surface area contributed by atoms with E-state index in [1.54, 1.807) is 11.3 Å². The van der Waals surface area contributed by atoms with Gasteiger partial charge in [-0.15, -0.1) is 11.3 Å². The highest BCUT2D eigenvalue weighted by Gasteiger charge is 2.21. The normalized spacial score (nSPS) is 14.6.